The van der Waals surface area contributed by atoms with Crippen LogP contribution in [0.4, 0.5) is 10.5 Å². The highest BCUT2D eigenvalue weighted by molar-refractivity contribution is 6.01. The number of carbonyl (C=O) groups excluding carboxylic acids is 1. The predicted molar refractivity (Wildman–Crippen MR) is 106 cm³/mol. The normalized spacial score (nSPS) is 21.0. The number of carbonyl (C=O) groups is 1. The highest BCUT2D eigenvalue weighted by atomic mass is 16.2. The fraction of sp³-hybridized carbons (Fsp3) is 0.273. The van der Waals surface area contributed by atoms with Crippen molar-refractivity contribution < 1.29 is 4.79 Å². The molecule has 0 radical (unpaired) electrons. The Labute approximate surface area is 157 Å². The molecule has 0 saturated carbocycles. The molecule has 5 nitrogen and oxygen atoms in total. The van der Waals surface area contributed by atoms with Crippen LogP contribution in [0.5, 0.6) is 0 Å². The van der Waals surface area contributed by atoms with Gasteiger partial charge in [0.05, 0.1) is 5.69 Å². The first-order chi connectivity index (χ1) is 13.2. The van der Waals surface area contributed by atoms with Gasteiger partial charge in [-0.05, 0) is 29.9 Å². The minimum Gasteiger partial charge on any atom is -0.324 e. The van der Waals surface area contributed by atoms with E-state index in [2.05, 4.69) is 5.32 Å². The molecule has 5 rings (SSSR count). The van der Waals surface area contributed by atoms with Crippen molar-refractivity contribution in [3.05, 3.63) is 76.7 Å². The summed E-state index contributed by atoms with van der Waals surface area (Å²) in [4.78, 5) is 27.0. The number of benzene rings is 2. The molecule has 1 aromatic heterocycles. The van der Waals surface area contributed by atoms with Gasteiger partial charge in [0.15, 0.2) is 0 Å². The summed E-state index contributed by atoms with van der Waals surface area (Å²) >= 11 is 0. The van der Waals surface area contributed by atoms with Gasteiger partial charge in [0.25, 0.3) is 5.56 Å². The fourth-order valence-corrected chi connectivity index (χ4v) is 4.59. The molecule has 1 N–H and O–H groups in total. The number of anilines is 1. The maximum atomic E-state index is 13.0. The largest absolute Gasteiger partial charge is 0.324 e. The summed E-state index contributed by atoms with van der Waals surface area (Å²) in [5, 5.41) is 5.25. The molecule has 2 aromatic carbocycles. The molecule has 0 spiro atoms. The molecule has 1 unspecified atom stereocenters. The van der Waals surface area contributed by atoms with Crippen LogP contribution < -0.4 is 10.9 Å². The number of hydrogen-bond acceptors (Lipinski definition) is 2. The number of rotatable bonds is 1. The van der Waals surface area contributed by atoms with Gasteiger partial charge in [-0.1, -0.05) is 42.5 Å². The summed E-state index contributed by atoms with van der Waals surface area (Å²) in [6.07, 6.45) is 1.04. The van der Waals surface area contributed by atoms with Crippen LogP contribution >= 0.6 is 0 Å². The number of fused-ring (bicyclic) bond motifs is 5. The van der Waals surface area contributed by atoms with Crippen molar-refractivity contribution >= 4 is 22.5 Å². The average molecular weight is 359 g/mol. The van der Waals surface area contributed by atoms with Gasteiger partial charge in [-0.3, -0.25) is 4.79 Å². The second-order valence-electron chi connectivity index (χ2n) is 7.56. The first-order valence-electron chi connectivity index (χ1n) is 9.42. The number of aromatic nitrogens is 1. The van der Waals surface area contributed by atoms with Gasteiger partial charge in [0.1, 0.15) is 0 Å². The Morgan fingerprint density at radius 2 is 1.74 bits per heavy atom. The maximum Gasteiger partial charge on any atom is 0.321 e. The lowest BCUT2D eigenvalue weighted by molar-refractivity contribution is 0.139. The Morgan fingerprint density at radius 3 is 2.67 bits per heavy atom. The van der Waals surface area contributed by atoms with E-state index in [0.717, 1.165) is 28.6 Å². The molecule has 27 heavy (non-hydrogen) atoms. The summed E-state index contributed by atoms with van der Waals surface area (Å²) in [6.45, 7) is 2.04. The summed E-state index contributed by atoms with van der Waals surface area (Å²) in [7, 11) is 0. The van der Waals surface area contributed by atoms with Crippen LogP contribution in [0.2, 0.25) is 0 Å². The molecule has 1 saturated heterocycles. The van der Waals surface area contributed by atoms with E-state index in [0.29, 0.717) is 25.6 Å². The Kier molecular flexibility index (Phi) is 3.74. The van der Waals surface area contributed by atoms with E-state index in [9.17, 15) is 9.59 Å². The zero-order valence-corrected chi connectivity index (χ0v) is 15.0. The van der Waals surface area contributed by atoms with Crippen LogP contribution in [0.3, 0.4) is 0 Å². The molecule has 5 heteroatoms. The monoisotopic (exact) mass is 359 g/mol. The van der Waals surface area contributed by atoms with Crippen LogP contribution in [0.15, 0.2) is 65.5 Å². The number of nitrogens with zero attached hydrogens (tertiary/aromatic N) is 2. The van der Waals surface area contributed by atoms with Crippen molar-refractivity contribution in [2.24, 2.45) is 5.92 Å². The lowest BCUT2D eigenvalue weighted by Gasteiger charge is -2.42. The van der Waals surface area contributed by atoms with Crippen molar-refractivity contribution in [3.8, 4) is 0 Å². The molecule has 2 bridgehead atoms. The number of amides is 2. The second-order valence-corrected chi connectivity index (χ2v) is 7.56. The number of hydrogen-bond donors (Lipinski definition) is 1. The van der Waals surface area contributed by atoms with Gasteiger partial charge >= 0.3 is 6.03 Å². The third kappa shape index (κ3) is 2.79. The molecular formula is C22H21N3O2. The molecule has 3 heterocycles. The summed E-state index contributed by atoms with van der Waals surface area (Å²) in [6, 6.07) is 19.4. The van der Waals surface area contributed by atoms with E-state index in [1.807, 2.05) is 64.1 Å². The number of likely N-dealkylation sites (tertiary alicyclic amines) is 1. The highest BCUT2D eigenvalue weighted by Crippen LogP contribution is 2.35. The third-order valence-electron chi connectivity index (χ3n) is 5.80. The SMILES string of the molecule is O=C(Nc1cccc2ccccc12)N1CC2C[C@H](C1)c1cccc(=O)n1C2. The molecule has 136 valence electrons. The maximum absolute atomic E-state index is 13.0. The van der Waals surface area contributed by atoms with E-state index in [4.69, 9.17) is 0 Å². The molecule has 2 aliphatic rings. The van der Waals surface area contributed by atoms with E-state index < -0.39 is 0 Å². The molecule has 0 aliphatic carbocycles. The standard InChI is InChI=1S/C22H21N3O2/c26-21-10-4-9-20-17-11-15(13-25(20)21)12-24(14-17)22(27)23-19-8-3-6-16-5-1-2-7-18(16)19/h1-10,15,17H,11-14H2,(H,23,27)/t15?,17-/m1/s1. The summed E-state index contributed by atoms with van der Waals surface area (Å²) < 4.78 is 1.89. The van der Waals surface area contributed by atoms with Crippen molar-refractivity contribution in [2.45, 2.75) is 18.9 Å². The minimum atomic E-state index is -0.0622. The molecule has 3 aromatic rings. The van der Waals surface area contributed by atoms with Crippen molar-refractivity contribution in [1.82, 2.24) is 9.47 Å². The summed E-state index contributed by atoms with van der Waals surface area (Å²) in [5.41, 5.74) is 1.96. The van der Waals surface area contributed by atoms with Crippen LogP contribution in [0.25, 0.3) is 10.8 Å². The zero-order valence-electron chi connectivity index (χ0n) is 15.0. The Morgan fingerprint density at radius 1 is 0.926 bits per heavy atom. The molecular weight excluding hydrogens is 338 g/mol. The van der Waals surface area contributed by atoms with Crippen LogP contribution in [0.1, 0.15) is 18.0 Å². The fourth-order valence-electron chi connectivity index (χ4n) is 4.59. The molecule has 2 aliphatic heterocycles. The Hall–Kier alpha value is -3.08. The zero-order chi connectivity index (χ0) is 18.4. The number of piperidine rings is 1. The first-order valence-corrected chi connectivity index (χ1v) is 9.42. The van der Waals surface area contributed by atoms with Gasteiger partial charge in [0.2, 0.25) is 0 Å². The lowest BCUT2D eigenvalue weighted by atomic mass is 9.83. The van der Waals surface area contributed by atoms with Crippen LogP contribution in [0, 0.1) is 5.92 Å². The van der Waals surface area contributed by atoms with Gasteiger partial charge in [0, 0.05) is 42.7 Å². The average Bonchev–Trinajstić information content (AvgIpc) is 2.69. The topological polar surface area (TPSA) is 54.3 Å². The first kappa shape index (κ1) is 16.1. The quantitative estimate of drug-likeness (QED) is 0.721. The number of nitrogens with one attached hydrogen (secondary N) is 1. The van der Waals surface area contributed by atoms with Crippen molar-refractivity contribution in [1.29, 1.82) is 0 Å². The van der Waals surface area contributed by atoms with Crippen molar-refractivity contribution in [2.75, 3.05) is 18.4 Å². The van der Waals surface area contributed by atoms with Gasteiger partial charge < -0.3 is 14.8 Å². The van der Waals surface area contributed by atoms with Gasteiger partial charge in [-0.25, -0.2) is 4.79 Å². The number of pyridine rings is 1. The van der Waals surface area contributed by atoms with E-state index in [1.54, 1.807) is 6.07 Å². The smallest absolute Gasteiger partial charge is 0.321 e. The van der Waals surface area contributed by atoms with E-state index >= 15 is 0 Å². The predicted octanol–water partition coefficient (Wildman–Crippen LogP) is 3.65. The molecule has 1 fully saturated rings. The van der Waals surface area contributed by atoms with Crippen LogP contribution in [-0.4, -0.2) is 28.6 Å². The van der Waals surface area contributed by atoms with Gasteiger partial charge in [-0.2, -0.15) is 0 Å². The van der Waals surface area contributed by atoms with E-state index in [1.165, 1.54) is 0 Å². The Balaban J connectivity index is 1.40. The second kappa shape index (κ2) is 6.27. The number of urea groups is 1. The van der Waals surface area contributed by atoms with Gasteiger partial charge in [-0.15, -0.1) is 0 Å². The third-order valence-corrected chi connectivity index (χ3v) is 5.80. The molecule has 2 amide bonds. The molecule has 2 atom stereocenters. The van der Waals surface area contributed by atoms with Crippen LogP contribution in [-0.2, 0) is 6.54 Å². The minimum absolute atomic E-state index is 0.0622. The highest BCUT2D eigenvalue weighted by Gasteiger charge is 2.36. The van der Waals surface area contributed by atoms with E-state index in [-0.39, 0.29) is 17.5 Å². The van der Waals surface area contributed by atoms with Crippen molar-refractivity contribution in [3.63, 3.8) is 0 Å². The lowest BCUT2D eigenvalue weighted by Crippen LogP contribution is -2.50. The summed E-state index contributed by atoms with van der Waals surface area (Å²) in [5.74, 6) is 0.555. The Bertz CT molecular complexity index is 1080.